The van der Waals surface area contributed by atoms with Crippen LogP contribution < -0.4 is 5.32 Å². The monoisotopic (exact) mass is 318 g/mol. The van der Waals surface area contributed by atoms with Crippen LogP contribution in [0.3, 0.4) is 0 Å². The van der Waals surface area contributed by atoms with E-state index in [2.05, 4.69) is 33.3 Å². The van der Waals surface area contributed by atoms with Gasteiger partial charge in [-0.3, -0.25) is 4.98 Å². The summed E-state index contributed by atoms with van der Waals surface area (Å²) < 4.78 is 0. The van der Waals surface area contributed by atoms with Gasteiger partial charge >= 0.3 is 0 Å². The van der Waals surface area contributed by atoms with E-state index in [0.717, 1.165) is 33.8 Å². The molecule has 3 rings (SSSR count). The summed E-state index contributed by atoms with van der Waals surface area (Å²) in [4.78, 5) is 15.3. The SMILES string of the molecule is CCc1cc2c(NCc3cccc(C)n3)nc(Cl)nc2s1. The lowest BCUT2D eigenvalue weighted by Gasteiger charge is -2.07. The summed E-state index contributed by atoms with van der Waals surface area (Å²) in [7, 11) is 0. The van der Waals surface area contributed by atoms with Gasteiger partial charge in [0.25, 0.3) is 0 Å². The molecule has 3 aromatic heterocycles. The molecule has 0 aliphatic rings. The number of pyridine rings is 1. The molecule has 0 aliphatic carbocycles. The minimum Gasteiger partial charge on any atom is -0.364 e. The Morgan fingerprint density at radius 2 is 2.10 bits per heavy atom. The molecule has 4 nitrogen and oxygen atoms in total. The van der Waals surface area contributed by atoms with Crippen LogP contribution in [0.15, 0.2) is 24.3 Å². The van der Waals surface area contributed by atoms with Crippen LogP contribution >= 0.6 is 22.9 Å². The minimum absolute atomic E-state index is 0.270. The molecule has 21 heavy (non-hydrogen) atoms. The van der Waals surface area contributed by atoms with Crippen LogP contribution in [0.4, 0.5) is 5.82 Å². The second kappa shape index (κ2) is 5.95. The Morgan fingerprint density at radius 3 is 2.86 bits per heavy atom. The second-order valence-corrected chi connectivity index (χ2v) is 6.20. The molecule has 1 N–H and O–H groups in total. The Kier molecular flexibility index (Phi) is 4.03. The van der Waals surface area contributed by atoms with Crippen LogP contribution in [0.1, 0.15) is 23.2 Å². The van der Waals surface area contributed by atoms with Crippen LogP contribution in [-0.4, -0.2) is 15.0 Å². The normalized spacial score (nSPS) is 11.0. The molecule has 0 fully saturated rings. The van der Waals surface area contributed by atoms with Crippen molar-refractivity contribution in [3.05, 3.63) is 45.8 Å². The molecule has 0 atom stereocenters. The van der Waals surface area contributed by atoms with Crippen LogP contribution in [0.5, 0.6) is 0 Å². The molecule has 3 aromatic rings. The van der Waals surface area contributed by atoms with Gasteiger partial charge in [0.1, 0.15) is 10.6 Å². The third-order valence-corrected chi connectivity index (χ3v) is 4.49. The summed E-state index contributed by atoms with van der Waals surface area (Å²) in [6, 6.07) is 8.10. The number of aryl methyl sites for hydroxylation is 2. The molecule has 0 saturated carbocycles. The van der Waals surface area contributed by atoms with Crippen molar-refractivity contribution in [2.45, 2.75) is 26.8 Å². The summed E-state index contributed by atoms with van der Waals surface area (Å²) >= 11 is 7.67. The standard InChI is InChI=1S/C15H15ClN4S/c1-3-11-7-12-13(19-15(16)20-14(12)21-11)17-8-10-6-4-5-9(2)18-10/h4-7H,3,8H2,1-2H3,(H,17,19,20). The predicted molar refractivity (Wildman–Crippen MR) is 88.1 cm³/mol. The quantitative estimate of drug-likeness (QED) is 0.732. The molecule has 0 aromatic carbocycles. The number of nitrogens with zero attached hydrogens (tertiary/aromatic N) is 3. The van der Waals surface area contributed by atoms with E-state index in [9.17, 15) is 0 Å². The maximum absolute atomic E-state index is 6.01. The van der Waals surface area contributed by atoms with Gasteiger partial charge in [-0.25, -0.2) is 9.97 Å². The highest BCUT2D eigenvalue weighted by Gasteiger charge is 2.10. The van der Waals surface area contributed by atoms with Crippen molar-refractivity contribution >= 4 is 39.0 Å². The molecule has 0 saturated heterocycles. The van der Waals surface area contributed by atoms with Gasteiger partial charge in [0.05, 0.1) is 17.6 Å². The van der Waals surface area contributed by atoms with Crippen molar-refractivity contribution in [2.24, 2.45) is 0 Å². The van der Waals surface area contributed by atoms with E-state index in [-0.39, 0.29) is 5.28 Å². The number of rotatable bonds is 4. The fraction of sp³-hybridized carbons (Fsp3) is 0.267. The summed E-state index contributed by atoms with van der Waals surface area (Å²) in [5, 5.41) is 4.61. The third-order valence-electron chi connectivity index (χ3n) is 3.15. The molecule has 0 aliphatic heterocycles. The highest BCUT2D eigenvalue weighted by atomic mass is 35.5. The molecule has 3 heterocycles. The van der Waals surface area contributed by atoms with Gasteiger partial charge in [-0.2, -0.15) is 0 Å². The fourth-order valence-corrected chi connectivity index (χ4v) is 3.31. The molecule has 0 amide bonds. The highest BCUT2D eigenvalue weighted by Crippen LogP contribution is 2.30. The van der Waals surface area contributed by atoms with Gasteiger partial charge in [-0.1, -0.05) is 13.0 Å². The van der Waals surface area contributed by atoms with Gasteiger partial charge in [0.2, 0.25) is 5.28 Å². The number of hydrogen-bond acceptors (Lipinski definition) is 5. The van der Waals surface area contributed by atoms with Gasteiger partial charge < -0.3 is 5.32 Å². The van der Waals surface area contributed by atoms with Crippen molar-refractivity contribution < 1.29 is 0 Å². The second-order valence-electron chi connectivity index (χ2n) is 4.75. The lowest BCUT2D eigenvalue weighted by molar-refractivity contribution is 1.00. The molecule has 108 valence electrons. The Hall–Kier alpha value is -1.72. The van der Waals surface area contributed by atoms with Gasteiger partial charge in [-0.15, -0.1) is 11.3 Å². The van der Waals surface area contributed by atoms with Crippen LogP contribution in [0.25, 0.3) is 10.2 Å². The molecule has 0 bridgehead atoms. The van der Waals surface area contributed by atoms with Gasteiger partial charge in [0, 0.05) is 10.6 Å². The minimum atomic E-state index is 0.270. The predicted octanol–water partition coefficient (Wildman–Crippen LogP) is 4.22. The van der Waals surface area contributed by atoms with Crippen molar-refractivity contribution in [1.82, 2.24) is 15.0 Å². The zero-order valence-electron chi connectivity index (χ0n) is 11.9. The zero-order valence-corrected chi connectivity index (χ0v) is 13.4. The molecular weight excluding hydrogens is 304 g/mol. The maximum atomic E-state index is 6.01. The van der Waals surface area contributed by atoms with E-state index < -0.39 is 0 Å². The summed E-state index contributed by atoms with van der Waals surface area (Å²) in [5.41, 5.74) is 1.98. The molecule has 0 spiro atoms. The summed E-state index contributed by atoms with van der Waals surface area (Å²) in [6.07, 6.45) is 0.984. The first-order chi connectivity index (χ1) is 10.2. The van der Waals surface area contributed by atoms with Crippen molar-refractivity contribution in [1.29, 1.82) is 0 Å². The topological polar surface area (TPSA) is 50.7 Å². The van der Waals surface area contributed by atoms with Gasteiger partial charge in [0.15, 0.2) is 0 Å². The average molecular weight is 319 g/mol. The number of anilines is 1. The highest BCUT2D eigenvalue weighted by molar-refractivity contribution is 7.18. The number of halogens is 1. The Bertz CT molecular complexity index is 784. The first-order valence-electron chi connectivity index (χ1n) is 6.78. The van der Waals surface area contributed by atoms with Crippen molar-refractivity contribution in [3.63, 3.8) is 0 Å². The lowest BCUT2D eigenvalue weighted by atomic mass is 10.3. The summed E-state index contributed by atoms with van der Waals surface area (Å²) in [6.45, 7) is 4.72. The number of thiophene rings is 1. The Labute approximate surface area is 132 Å². The zero-order chi connectivity index (χ0) is 14.8. The summed E-state index contributed by atoms with van der Waals surface area (Å²) in [5.74, 6) is 0.768. The van der Waals surface area contributed by atoms with E-state index in [1.165, 1.54) is 4.88 Å². The largest absolute Gasteiger partial charge is 0.364 e. The van der Waals surface area contributed by atoms with E-state index in [0.29, 0.717) is 6.54 Å². The molecule has 0 unspecified atom stereocenters. The van der Waals surface area contributed by atoms with Crippen LogP contribution in [-0.2, 0) is 13.0 Å². The van der Waals surface area contributed by atoms with E-state index in [4.69, 9.17) is 11.6 Å². The van der Waals surface area contributed by atoms with E-state index in [1.54, 1.807) is 11.3 Å². The Morgan fingerprint density at radius 1 is 1.24 bits per heavy atom. The Balaban J connectivity index is 1.90. The number of hydrogen-bond donors (Lipinski definition) is 1. The van der Waals surface area contributed by atoms with Crippen LogP contribution in [0.2, 0.25) is 5.28 Å². The average Bonchev–Trinajstić information content (AvgIpc) is 2.87. The fourth-order valence-electron chi connectivity index (χ4n) is 2.13. The molecule has 6 heteroatoms. The number of nitrogens with one attached hydrogen (secondary N) is 1. The van der Waals surface area contributed by atoms with Gasteiger partial charge in [-0.05, 0) is 43.1 Å². The van der Waals surface area contributed by atoms with Crippen LogP contribution in [0, 0.1) is 6.92 Å². The first kappa shape index (κ1) is 14.2. The van der Waals surface area contributed by atoms with E-state index in [1.807, 2.05) is 25.1 Å². The van der Waals surface area contributed by atoms with Crippen molar-refractivity contribution in [2.75, 3.05) is 5.32 Å². The third kappa shape index (κ3) is 3.14. The van der Waals surface area contributed by atoms with E-state index >= 15 is 0 Å². The smallest absolute Gasteiger partial charge is 0.225 e. The number of aromatic nitrogens is 3. The van der Waals surface area contributed by atoms with Crippen molar-refractivity contribution in [3.8, 4) is 0 Å². The maximum Gasteiger partial charge on any atom is 0.225 e. The molecular formula is C15H15ClN4S. The lowest BCUT2D eigenvalue weighted by Crippen LogP contribution is -2.04. The number of fused-ring (bicyclic) bond motifs is 1. The molecule has 0 radical (unpaired) electrons. The first-order valence-corrected chi connectivity index (χ1v) is 7.97.